The Hall–Kier alpha value is -3.19. The van der Waals surface area contributed by atoms with Crippen LogP contribution in [0.25, 0.3) is 6.08 Å². The molecule has 6 nitrogen and oxygen atoms in total. The van der Waals surface area contributed by atoms with E-state index < -0.39 is 11.8 Å². The van der Waals surface area contributed by atoms with Crippen molar-refractivity contribution in [3.05, 3.63) is 71.3 Å². The molecule has 0 unspecified atom stereocenters. The molecule has 0 aliphatic rings. The van der Waals surface area contributed by atoms with Crippen molar-refractivity contribution in [2.75, 3.05) is 6.61 Å². The number of hydrogen-bond donors (Lipinski definition) is 3. The predicted molar refractivity (Wildman–Crippen MR) is 118 cm³/mol. The molecule has 0 heterocycles. The van der Waals surface area contributed by atoms with Crippen LogP contribution in [-0.4, -0.2) is 23.5 Å². The highest BCUT2D eigenvalue weighted by Crippen LogP contribution is 2.18. The molecule has 2 amide bonds. The predicted octanol–water partition coefficient (Wildman–Crippen LogP) is 3.23. The summed E-state index contributed by atoms with van der Waals surface area (Å²) in [6.07, 6.45) is 3.04. The maximum Gasteiger partial charge on any atom is 0.276 e. The van der Waals surface area contributed by atoms with E-state index in [1.807, 2.05) is 55.5 Å². The van der Waals surface area contributed by atoms with E-state index in [0.29, 0.717) is 11.7 Å². The molecule has 0 saturated carbocycles. The van der Waals surface area contributed by atoms with Gasteiger partial charge < -0.3 is 4.74 Å². The maximum atomic E-state index is 11.9. The van der Waals surface area contributed by atoms with E-state index in [1.54, 1.807) is 6.08 Å². The van der Waals surface area contributed by atoms with Crippen molar-refractivity contribution in [2.24, 2.45) is 0 Å². The highest BCUT2D eigenvalue weighted by Gasteiger charge is 2.06. The molecule has 2 rings (SSSR count). The molecule has 0 saturated heterocycles. The average molecular weight is 412 g/mol. The summed E-state index contributed by atoms with van der Waals surface area (Å²) in [6, 6.07) is 15.3. The Bertz CT molecular complexity index is 875. The van der Waals surface area contributed by atoms with Gasteiger partial charge in [0, 0.05) is 6.08 Å². The molecule has 2 aromatic rings. The molecule has 0 fully saturated rings. The quantitative estimate of drug-likeness (QED) is 0.386. The molecule has 2 aromatic carbocycles. The molecule has 0 aliphatic carbocycles. The number of amides is 2. The SMILES string of the molecule is Cc1ccc(/C=C/C(=O)NC(=S)NNC(=O)COc2ccc(C(C)C)cc2)cc1. The minimum atomic E-state index is -0.426. The van der Waals surface area contributed by atoms with Crippen molar-refractivity contribution < 1.29 is 14.3 Å². The summed E-state index contributed by atoms with van der Waals surface area (Å²) in [6.45, 7) is 6.02. The third-order valence-corrected chi connectivity index (χ3v) is 4.18. The molecular formula is C22H25N3O3S. The van der Waals surface area contributed by atoms with Crippen LogP contribution in [0.5, 0.6) is 5.75 Å². The van der Waals surface area contributed by atoms with Gasteiger partial charge in [0.05, 0.1) is 0 Å². The molecule has 0 aliphatic heterocycles. The van der Waals surface area contributed by atoms with Crippen molar-refractivity contribution in [1.29, 1.82) is 0 Å². The summed E-state index contributed by atoms with van der Waals surface area (Å²) in [5, 5.41) is 2.43. The number of carbonyl (C=O) groups excluding carboxylic acids is 2. The summed E-state index contributed by atoms with van der Waals surface area (Å²) >= 11 is 4.98. The first-order valence-corrected chi connectivity index (χ1v) is 9.61. The fraction of sp³-hybridized carbons (Fsp3) is 0.227. The molecule has 7 heteroatoms. The Labute approximate surface area is 176 Å². The zero-order valence-electron chi connectivity index (χ0n) is 16.7. The first kappa shape index (κ1) is 22.1. The van der Waals surface area contributed by atoms with Crippen LogP contribution in [0.3, 0.4) is 0 Å². The molecule has 29 heavy (non-hydrogen) atoms. The van der Waals surface area contributed by atoms with Gasteiger partial charge in [-0.2, -0.15) is 0 Å². The van der Waals surface area contributed by atoms with Crippen molar-refractivity contribution in [3.8, 4) is 5.75 Å². The minimum absolute atomic E-state index is 0.0156. The number of hydrogen-bond acceptors (Lipinski definition) is 4. The van der Waals surface area contributed by atoms with Crippen molar-refractivity contribution in [1.82, 2.24) is 16.2 Å². The molecule has 0 atom stereocenters. The Morgan fingerprint density at radius 2 is 1.69 bits per heavy atom. The van der Waals surface area contributed by atoms with Crippen LogP contribution in [0.2, 0.25) is 0 Å². The largest absolute Gasteiger partial charge is 0.484 e. The first-order chi connectivity index (χ1) is 13.8. The van der Waals surface area contributed by atoms with Crippen LogP contribution in [0.15, 0.2) is 54.6 Å². The van der Waals surface area contributed by atoms with Gasteiger partial charge in [-0.25, -0.2) is 0 Å². The molecule has 0 radical (unpaired) electrons. The van der Waals surface area contributed by atoms with E-state index in [2.05, 4.69) is 30.0 Å². The van der Waals surface area contributed by atoms with Crippen LogP contribution < -0.4 is 20.9 Å². The third kappa shape index (κ3) is 8.15. The highest BCUT2D eigenvalue weighted by atomic mass is 32.1. The number of nitrogens with one attached hydrogen (secondary N) is 3. The Morgan fingerprint density at radius 1 is 1.03 bits per heavy atom. The summed E-state index contributed by atoms with van der Waals surface area (Å²) in [7, 11) is 0. The van der Waals surface area contributed by atoms with Crippen LogP contribution in [0.4, 0.5) is 0 Å². The van der Waals surface area contributed by atoms with E-state index in [9.17, 15) is 9.59 Å². The van der Waals surface area contributed by atoms with Crippen LogP contribution in [-0.2, 0) is 9.59 Å². The highest BCUT2D eigenvalue weighted by molar-refractivity contribution is 7.80. The fourth-order valence-electron chi connectivity index (χ4n) is 2.29. The number of rotatable bonds is 6. The van der Waals surface area contributed by atoms with E-state index in [1.165, 1.54) is 11.6 Å². The van der Waals surface area contributed by atoms with Gasteiger partial charge in [-0.15, -0.1) is 0 Å². The second kappa shape index (κ2) is 11.0. The zero-order chi connectivity index (χ0) is 21.2. The topological polar surface area (TPSA) is 79.5 Å². The van der Waals surface area contributed by atoms with Crippen LogP contribution in [0.1, 0.15) is 36.5 Å². The molecule has 0 aromatic heterocycles. The second-order valence-corrected chi connectivity index (χ2v) is 7.16. The third-order valence-electron chi connectivity index (χ3n) is 3.97. The molecule has 0 bridgehead atoms. The number of hydrazine groups is 1. The fourth-order valence-corrected chi connectivity index (χ4v) is 2.45. The Balaban J connectivity index is 1.69. The number of carbonyl (C=O) groups is 2. The van der Waals surface area contributed by atoms with E-state index in [-0.39, 0.29) is 11.7 Å². The lowest BCUT2D eigenvalue weighted by Gasteiger charge is -2.11. The second-order valence-electron chi connectivity index (χ2n) is 6.75. The summed E-state index contributed by atoms with van der Waals surface area (Å²) < 4.78 is 5.42. The van der Waals surface area contributed by atoms with Crippen molar-refractivity contribution >= 4 is 35.2 Å². The van der Waals surface area contributed by atoms with Crippen LogP contribution in [0, 0.1) is 6.92 Å². The van der Waals surface area contributed by atoms with Gasteiger partial charge >= 0.3 is 0 Å². The first-order valence-electron chi connectivity index (χ1n) is 9.21. The van der Waals surface area contributed by atoms with Gasteiger partial charge in [0.2, 0.25) is 5.91 Å². The summed E-state index contributed by atoms with van der Waals surface area (Å²) in [5.41, 5.74) is 8.08. The van der Waals surface area contributed by atoms with Gasteiger partial charge in [0.15, 0.2) is 11.7 Å². The standard InChI is InChI=1S/C22H25N3O3S/c1-15(2)18-9-11-19(12-10-18)28-14-21(27)24-25-22(29)23-20(26)13-8-17-6-4-16(3)5-7-17/h4-13,15H,14H2,1-3H3,(H,24,27)(H2,23,25,26,29)/b13-8+. The van der Waals surface area contributed by atoms with Gasteiger partial charge in [-0.3, -0.25) is 25.8 Å². The lowest BCUT2D eigenvalue weighted by atomic mass is 10.0. The van der Waals surface area contributed by atoms with E-state index in [4.69, 9.17) is 17.0 Å². The number of ether oxygens (including phenoxy) is 1. The van der Waals surface area contributed by atoms with Crippen LogP contribution >= 0.6 is 12.2 Å². The van der Waals surface area contributed by atoms with E-state index in [0.717, 1.165) is 11.1 Å². The maximum absolute atomic E-state index is 11.9. The molecule has 152 valence electrons. The normalized spacial score (nSPS) is 10.6. The summed E-state index contributed by atoms with van der Waals surface area (Å²) in [5.74, 6) is 0.199. The molecular weight excluding hydrogens is 386 g/mol. The lowest BCUT2D eigenvalue weighted by molar-refractivity contribution is -0.123. The smallest absolute Gasteiger partial charge is 0.276 e. The monoisotopic (exact) mass is 411 g/mol. The Morgan fingerprint density at radius 3 is 2.31 bits per heavy atom. The van der Waals surface area contributed by atoms with Gasteiger partial charge in [-0.1, -0.05) is 55.8 Å². The minimum Gasteiger partial charge on any atom is -0.484 e. The molecule has 3 N–H and O–H groups in total. The molecule has 0 spiro atoms. The number of aryl methyl sites for hydroxylation is 1. The lowest BCUT2D eigenvalue weighted by Crippen LogP contribution is -2.49. The average Bonchev–Trinajstić information content (AvgIpc) is 2.70. The van der Waals surface area contributed by atoms with Crippen molar-refractivity contribution in [2.45, 2.75) is 26.7 Å². The Kier molecular flexibility index (Phi) is 8.36. The number of benzene rings is 2. The zero-order valence-corrected chi connectivity index (χ0v) is 17.5. The van der Waals surface area contributed by atoms with Gasteiger partial charge in [-0.05, 0) is 54.4 Å². The van der Waals surface area contributed by atoms with Gasteiger partial charge in [0.1, 0.15) is 5.75 Å². The number of thiocarbonyl (C=S) groups is 1. The van der Waals surface area contributed by atoms with Crippen molar-refractivity contribution in [3.63, 3.8) is 0 Å². The van der Waals surface area contributed by atoms with Gasteiger partial charge in [0.25, 0.3) is 5.91 Å². The summed E-state index contributed by atoms with van der Waals surface area (Å²) in [4.78, 5) is 23.7. The van der Waals surface area contributed by atoms with E-state index >= 15 is 0 Å².